The summed E-state index contributed by atoms with van der Waals surface area (Å²) in [5.74, 6) is 0.695. The first-order valence-electron chi connectivity index (χ1n) is 6.33. The molecule has 0 radical (unpaired) electrons. The fourth-order valence-corrected chi connectivity index (χ4v) is 3.51. The number of pyridine rings is 1. The number of amides is 1. The van der Waals surface area contributed by atoms with Crippen molar-refractivity contribution in [1.29, 1.82) is 0 Å². The third-order valence-corrected chi connectivity index (χ3v) is 4.44. The fourth-order valence-electron chi connectivity index (χ4n) is 2.35. The SMILES string of the molecule is C[n+]1cccc(C2SCC(=O)N2c2cccc(O)c2)c1.[I-]. The molecule has 0 bridgehead atoms. The number of aromatic nitrogens is 1. The molecule has 3 rings (SSSR count). The molecule has 1 fully saturated rings. The van der Waals surface area contributed by atoms with E-state index in [0.29, 0.717) is 5.75 Å². The van der Waals surface area contributed by atoms with Crippen LogP contribution in [0, 0.1) is 0 Å². The summed E-state index contributed by atoms with van der Waals surface area (Å²) in [6, 6.07) is 10.8. The van der Waals surface area contributed by atoms with E-state index >= 15 is 0 Å². The molecule has 21 heavy (non-hydrogen) atoms. The van der Waals surface area contributed by atoms with Gasteiger partial charge in [0.1, 0.15) is 18.2 Å². The number of phenolic OH excluding ortho intramolecular Hbond substituents is 1. The van der Waals surface area contributed by atoms with Crippen LogP contribution < -0.4 is 33.4 Å². The van der Waals surface area contributed by atoms with E-state index in [9.17, 15) is 9.90 Å². The number of aryl methyl sites for hydroxylation is 1. The highest BCUT2D eigenvalue weighted by Gasteiger charge is 2.35. The Morgan fingerprint density at radius 3 is 2.86 bits per heavy atom. The first-order chi connectivity index (χ1) is 9.65. The van der Waals surface area contributed by atoms with Gasteiger partial charge >= 0.3 is 0 Å². The average Bonchev–Trinajstić information content (AvgIpc) is 2.80. The Hall–Kier alpha value is -1.28. The van der Waals surface area contributed by atoms with Crippen LogP contribution in [0.5, 0.6) is 5.75 Å². The predicted molar refractivity (Wildman–Crippen MR) is 78.4 cm³/mol. The predicted octanol–water partition coefficient (Wildman–Crippen LogP) is -1.00. The van der Waals surface area contributed by atoms with Crippen LogP contribution in [0.15, 0.2) is 48.8 Å². The number of anilines is 1. The lowest BCUT2D eigenvalue weighted by Crippen LogP contribution is -3.00. The van der Waals surface area contributed by atoms with Gasteiger partial charge in [-0.2, -0.15) is 0 Å². The van der Waals surface area contributed by atoms with E-state index in [1.807, 2.05) is 42.2 Å². The van der Waals surface area contributed by atoms with Gasteiger partial charge < -0.3 is 29.1 Å². The standard InChI is InChI=1S/C15H14N2O2S.HI/c1-16-7-3-4-11(9-16)15-17(14(19)10-20-15)12-5-2-6-13(18)8-12;/h2-9,15H,10H2,1H3;1H. The number of phenols is 1. The van der Waals surface area contributed by atoms with Crippen LogP contribution in [-0.2, 0) is 11.8 Å². The van der Waals surface area contributed by atoms with E-state index in [2.05, 4.69) is 0 Å². The van der Waals surface area contributed by atoms with Crippen molar-refractivity contribution in [2.75, 3.05) is 10.7 Å². The van der Waals surface area contributed by atoms with Gasteiger partial charge in [-0.3, -0.25) is 9.69 Å². The Kier molecular flexibility index (Phi) is 5.10. The summed E-state index contributed by atoms with van der Waals surface area (Å²) >= 11 is 1.60. The lowest BCUT2D eigenvalue weighted by atomic mass is 10.2. The minimum absolute atomic E-state index is 0. The molecular weight excluding hydrogens is 399 g/mol. The first kappa shape index (κ1) is 16.1. The maximum Gasteiger partial charge on any atom is 0.238 e. The molecule has 1 amide bonds. The van der Waals surface area contributed by atoms with Gasteiger partial charge in [-0.1, -0.05) is 6.07 Å². The minimum Gasteiger partial charge on any atom is -1.00 e. The topological polar surface area (TPSA) is 44.4 Å². The van der Waals surface area contributed by atoms with E-state index in [-0.39, 0.29) is 41.0 Å². The number of hydrogen-bond donors (Lipinski definition) is 1. The maximum atomic E-state index is 12.2. The minimum atomic E-state index is -0.0447. The second-order valence-corrected chi connectivity index (χ2v) is 5.82. The van der Waals surface area contributed by atoms with Crippen molar-refractivity contribution in [3.8, 4) is 5.75 Å². The largest absolute Gasteiger partial charge is 1.00 e. The highest BCUT2D eigenvalue weighted by molar-refractivity contribution is 8.00. The molecule has 0 aliphatic carbocycles. The third kappa shape index (κ3) is 3.32. The van der Waals surface area contributed by atoms with Crippen LogP contribution in [0.1, 0.15) is 10.9 Å². The molecule has 6 heteroatoms. The number of aromatic hydroxyl groups is 1. The van der Waals surface area contributed by atoms with Crippen molar-refractivity contribution in [3.63, 3.8) is 0 Å². The molecule has 1 aromatic heterocycles. The summed E-state index contributed by atoms with van der Waals surface area (Å²) < 4.78 is 1.97. The van der Waals surface area contributed by atoms with E-state index < -0.39 is 0 Å². The van der Waals surface area contributed by atoms with Gasteiger partial charge in [-0.05, 0) is 18.2 Å². The van der Waals surface area contributed by atoms with Crippen molar-refractivity contribution in [3.05, 3.63) is 54.4 Å². The molecule has 4 nitrogen and oxygen atoms in total. The number of halogens is 1. The molecule has 2 heterocycles. The summed E-state index contributed by atoms with van der Waals surface area (Å²) in [4.78, 5) is 13.9. The van der Waals surface area contributed by atoms with Gasteiger partial charge in [-0.25, -0.2) is 4.57 Å². The van der Waals surface area contributed by atoms with Crippen LogP contribution >= 0.6 is 11.8 Å². The summed E-state index contributed by atoms with van der Waals surface area (Å²) in [7, 11) is 1.96. The molecule has 1 aliphatic rings. The van der Waals surface area contributed by atoms with Gasteiger partial charge in [0.05, 0.1) is 5.75 Å². The number of hydrogen-bond acceptors (Lipinski definition) is 3. The third-order valence-electron chi connectivity index (χ3n) is 3.22. The van der Waals surface area contributed by atoms with Gasteiger partial charge in [0.25, 0.3) is 0 Å². The molecule has 1 N–H and O–H groups in total. The molecule has 0 spiro atoms. The van der Waals surface area contributed by atoms with Gasteiger partial charge in [0.15, 0.2) is 12.4 Å². The van der Waals surface area contributed by atoms with Crippen molar-refractivity contribution < 1.29 is 38.4 Å². The molecule has 1 saturated heterocycles. The van der Waals surface area contributed by atoms with Crippen molar-refractivity contribution in [1.82, 2.24) is 0 Å². The molecule has 1 aromatic carbocycles. The van der Waals surface area contributed by atoms with E-state index in [1.165, 1.54) is 0 Å². The molecule has 1 aliphatic heterocycles. The quantitative estimate of drug-likeness (QED) is 0.507. The molecule has 110 valence electrons. The Morgan fingerprint density at radius 1 is 1.33 bits per heavy atom. The second kappa shape index (κ2) is 6.65. The maximum absolute atomic E-state index is 12.2. The summed E-state index contributed by atoms with van der Waals surface area (Å²) in [6.07, 6.45) is 3.98. The fraction of sp³-hybridized carbons (Fsp3) is 0.200. The van der Waals surface area contributed by atoms with E-state index in [1.54, 1.807) is 34.9 Å². The Bertz CT molecular complexity index is 666. The van der Waals surface area contributed by atoms with Crippen molar-refractivity contribution >= 4 is 23.4 Å². The van der Waals surface area contributed by atoms with Crippen LogP contribution in [-0.4, -0.2) is 16.8 Å². The Morgan fingerprint density at radius 2 is 2.14 bits per heavy atom. The molecule has 1 atom stereocenters. The van der Waals surface area contributed by atoms with Crippen LogP contribution in [0.2, 0.25) is 0 Å². The number of carbonyl (C=O) groups excluding carboxylic acids is 1. The van der Waals surface area contributed by atoms with Gasteiger partial charge in [0, 0.05) is 23.4 Å². The number of benzene rings is 1. The highest BCUT2D eigenvalue weighted by Crippen LogP contribution is 2.41. The summed E-state index contributed by atoms with van der Waals surface area (Å²) in [5.41, 5.74) is 1.81. The number of carbonyl (C=O) groups is 1. The number of nitrogens with zero attached hydrogens (tertiary/aromatic N) is 2. The lowest BCUT2D eigenvalue weighted by Gasteiger charge is -2.23. The zero-order valence-corrected chi connectivity index (χ0v) is 14.4. The molecular formula is C15H15IN2O2S. The average molecular weight is 414 g/mol. The van der Waals surface area contributed by atoms with Crippen molar-refractivity contribution in [2.24, 2.45) is 7.05 Å². The highest BCUT2D eigenvalue weighted by atomic mass is 127. The first-order valence-corrected chi connectivity index (χ1v) is 7.38. The second-order valence-electron chi connectivity index (χ2n) is 4.75. The van der Waals surface area contributed by atoms with Crippen molar-refractivity contribution in [2.45, 2.75) is 5.37 Å². The van der Waals surface area contributed by atoms with Gasteiger partial charge in [-0.15, -0.1) is 11.8 Å². The van der Waals surface area contributed by atoms with Crippen LogP contribution in [0.3, 0.4) is 0 Å². The van der Waals surface area contributed by atoms with E-state index in [0.717, 1.165) is 11.3 Å². The van der Waals surface area contributed by atoms with Gasteiger partial charge in [0.2, 0.25) is 5.91 Å². The Labute approximate surface area is 144 Å². The monoisotopic (exact) mass is 414 g/mol. The smallest absolute Gasteiger partial charge is 0.238 e. The zero-order valence-electron chi connectivity index (χ0n) is 11.4. The lowest BCUT2D eigenvalue weighted by molar-refractivity contribution is -0.671. The normalized spacial score (nSPS) is 17.7. The molecule has 2 aromatic rings. The summed E-state index contributed by atoms with van der Waals surface area (Å²) in [5, 5.41) is 9.57. The van der Waals surface area contributed by atoms with Crippen LogP contribution in [0.25, 0.3) is 0 Å². The van der Waals surface area contributed by atoms with Crippen LogP contribution in [0.4, 0.5) is 5.69 Å². The number of thioether (sulfide) groups is 1. The molecule has 0 saturated carbocycles. The Balaban J connectivity index is 0.00000161. The molecule has 1 unspecified atom stereocenters. The number of rotatable bonds is 2. The zero-order chi connectivity index (χ0) is 14.1. The summed E-state index contributed by atoms with van der Waals surface area (Å²) in [6.45, 7) is 0. The van der Waals surface area contributed by atoms with E-state index in [4.69, 9.17) is 0 Å².